The molecule has 0 bridgehead atoms. The van der Waals surface area contributed by atoms with E-state index in [1.807, 2.05) is 13.8 Å². The van der Waals surface area contributed by atoms with Gasteiger partial charge in [0.1, 0.15) is 5.82 Å². The second kappa shape index (κ2) is 9.20. The highest BCUT2D eigenvalue weighted by atomic mass is 35.5. The van der Waals surface area contributed by atoms with E-state index in [1.165, 1.54) is 18.2 Å². The van der Waals surface area contributed by atoms with Gasteiger partial charge in [-0.15, -0.1) is 0 Å². The predicted octanol–water partition coefficient (Wildman–Crippen LogP) is 4.06. The number of nitrogens with one attached hydrogen (secondary N) is 3. The van der Waals surface area contributed by atoms with Gasteiger partial charge in [-0.25, -0.2) is 4.39 Å². The molecule has 2 amide bonds. The minimum Gasteiger partial charge on any atom is -0.376 e. The number of benzene rings is 2. The Balaban J connectivity index is 1.93. The molecular formula is C19H21ClFN3O2. The third-order valence-electron chi connectivity index (χ3n) is 3.77. The molecule has 138 valence electrons. The summed E-state index contributed by atoms with van der Waals surface area (Å²) in [5.41, 5.74) is 1.53. The predicted molar refractivity (Wildman–Crippen MR) is 102 cm³/mol. The normalized spacial score (nSPS) is 11.5. The van der Waals surface area contributed by atoms with E-state index in [4.69, 9.17) is 11.6 Å². The van der Waals surface area contributed by atoms with Crippen LogP contribution < -0.4 is 16.0 Å². The monoisotopic (exact) mass is 377 g/mol. The van der Waals surface area contributed by atoms with Gasteiger partial charge in [0, 0.05) is 23.0 Å². The first-order valence-electron chi connectivity index (χ1n) is 8.28. The quantitative estimate of drug-likeness (QED) is 0.681. The number of amides is 2. The number of hydrogen-bond acceptors (Lipinski definition) is 3. The molecule has 1 unspecified atom stereocenters. The summed E-state index contributed by atoms with van der Waals surface area (Å²) in [6, 6.07) is 10.9. The average molecular weight is 378 g/mol. The first-order valence-corrected chi connectivity index (χ1v) is 8.66. The fourth-order valence-corrected chi connectivity index (χ4v) is 2.32. The lowest BCUT2D eigenvalue weighted by Gasteiger charge is -2.12. The lowest BCUT2D eigenvalue weighted by Crippen LogP contribution is -2.32. The van der Waals surface area contributed by atoms with Crippen LogP contribution in [0.25, 0.3) is 0 Å². The zero-order valence-corrected chi connectivity index (χ0v) is 15.4. The Labute approximate surface area is 156 Å². The largest absolute Gasteiger partial charge is 0.376 e. The number of halogens is 2. The van der Waals surface area contributed by atoms with Crippen LogP contribution in [0, 0.1) is 5.82 Å². The molecule has 0 spiro atoms. The van der Waals surface area contributed by atoms with Gasteiger partial charge in [-0.1, -0.05) is 24.6 Å². The maximum atomic E-state index is 13.1. The van der Waals surface area contributed by atoms with Crippen LogP contribution in [0.2, 0.25) is 5.02 Å². The summed E-state index contributed by atoms with van der Waals surface area (Å²) >= 11 is 5.70. The lowest BCUT2D eigenvalue weighted by molar-refractivity contribution is -0.114. The highest BCUT2D eigenvalue weighted by Crippen LogP contribution is 2.19. The van der Waals surface area contributed by atoms with E-state index in [2.05, 4.69) is 16.0 Å². The third kappa shape index (κ3) is 5.74. The van der Waals surface area contributed by atoms with E-state index in [0.717, 1.165) is 6.42 Å². The van der Waals surface area contributed by atoms with Gasteiger partial charge in [0.05, 0.1) is 11.6 Å². The molecule has 0 fully saturated rings. The highest BCUT2D eigenvalue weighted by Gasteiger charge is 2.10. The summed E-state index contributed by atoms with van der Waals surface area (Å²) < 4.78 is 13.1. The molecule has 0 aliphatic rings. The lowest BCUT2D eigenvalue weighted by atomic mass is 10.1. The SMILES string of the molecule is CCC(C)NC(=O)c1cccc(NC(=O)CNc2ccc(F)c(Cl)c2)c1. The molecule has 2 aromatic carbocycles. The molecule has 7 heteroatoms. The van der Waals surface area contributed by atoms with Crippen LogP contribution in [-0.2, 0) is 4.79 Å². The minimum atomic E-state index is -0.519. The smallest absolute Gasteiger partial charge is 0.251 e. The zero-order valence-electron chi connectivity index (χ0n) is 14.6. The summed E-state index contributed by atoms with van der Waals surface area (Å²) in [5.74, 6) is -1.01. The first-order chi connectivity index (χ1) is 12.4. The molecule has 0 aromatic heterocycles. The van der Waals surface area contributed by atoms with Crippen LogP contribution in [0.5, 0.6) is 0 Å². The Hall–Kier alpha value is -2.60. The molecule has 0 saturated heterocycles. The minimum absolute atomic E-state index is 0.0181. The molecule has 1 atom stereocenters. The molecule has 2 rings (SSSR count). The Kier molecular flexibility index (Phi) is 6.97. The van der Waals surface area contributed by atoms with Crippen LogP contribution in [0.15, 0.2) is 42.5 Å². The van der Waals surface area contributed by atoms with Crippen molar-refractivity contribution in [2.45, 2.75) is 26.3 Å². The van der Waals surface area contributed by atoms with Crippen LogP contribution in [0.3, 0.4) is 0 Å². The van der Waals surface area contributed by atoms with E-state index < -0.39 is 5.82 Å². The van der Waals surface area contributed by atoms with E-state index in [1.54, 1.807) is 24.3 Å². The van der Waals surface area contributed by atoms with Crippen molar-refractivity contribution in [3.8, 4) is 0 Å². The van der Waals surface area contributed by atoms with Crippen molar-refractivity contribution in [2.24, 2.45) is 0 Å². The van der Waals surface area contributed by atoms with Gasteiger partial charge >= 0.3 is 0 Å². The Bertz CT molecular complexity index is 798. The third-order valence-corrected chi connectivity index (χ3v) is 4.06. The Morgan fingerprint density at radius 3 is 2.62 bits per heavy atom. The molecule has 0 aliphatic carbocycles. The second-order valence-electron chi connectivity index (χ2n) is 5.89. The summed E-state index contributed by atoms with van der Waals surface area (Å²) in [7, 11) is 0. The van der Waals surface area contributed by atoms with Crippen molar-refractivity contribution in [1.29, 1.82) is 0 Å². The molecule has 0 saturated carbocycles. The molecule has 0 aliphatic heterocycles. The van der Waals surface area contributed by atoms with Gasteiger partial charge in [0.15, 0.2) is 0 Å². The fourth-order valence-electron chi connectivity index (χ4n) is 2.14. The first kappa shape index (κ1) is 19.7. The van der Waals surface area contributed by atoms with Crippen molar-refractivity contribution >= 4 is 34.8 Å². The van der Waals surface area contributed by atoms with Crippen molar-refractivity contribution in [3.63, 3.8) is 0 Å². The number of carbonyl (C=O) groups excluding carboxylic acids is 2. The van der Waals surface area contributed by atoms with Crippen LogP contribution >= 0.6 is 11.6 Å². The van der Waals surface area contributed by atoms with Crippen LogP contribution in [-0.4, -0.2) is 24.4 Å². The van der Waals surface area contributed by atoms with Crippen LogP contribution in [0.1, 0.15) is 30.6 Å². The van der Waals surface area contributed by atoms with Crippen molar-refractivity contribution in [1.82, 2.24) is 5.32 Å². The number of anilines is 2. The Morgan fingerprint density at radius 2 is 1.92 bits per heavy atom. The summed E-state index contributed by atoms with van der Waals surface area (Å²) in [5, 5.41) is 8.43. The number of hydrogen-bond donors (Lipinski definition) is 3. The van der Waals surface area contributed by atoms with Crippen LogP contribution in [0.4, 0.5) is 15.8 Å². The summed E-state index contributed by atoms with van der Waals surface area (Å²) in [6.07, 6.45) is 0.835. The van der Waals surface area contributed by atoms with Gasteiger partial charge in [-0.3, -0.25) is 9.59 Å². The van der Waals surface area contributed by atoms with Crippen molar-refractivity contribution in [2.75, 3.05) is 17.2 Å². The standard InChI is InChI=1S/C19H21ClFN3O2/c1-3-12(2)23-19(26)13-5-4-6-15(9-13)24-18(25)11-22-14-7-8-17(21)16(20)10-14/h4-10,12,22H,3,11H2,1-2H3,(H,23,26)(H,24,25). The van der Waals surface area contributed by atoms with Gasteiger partial charge in [-0.2, -0.15) is 0 Å². The molecule has 3 N–H and O–H groups in total. The van der Waals surface area contributed by atoms with E-state index >= 15 is 0 Å². The number of rotatable bonds is 7. The summed E-state index contributed by atoms with van der Waals surface area (Å²) in [6.45, 7) is 3.89. The van der Waals surface area contributed by atoms with E-state index in [-0.39, 0.29) is 29.4 Å². The van der Waals surface area contributed by atoms with E-state index in [9.17, 15) is 14.0 Å². The highest BCUT2D eigenvalue weighted by molar-refractivity contribution is 6.31. The zero-order chi connectivity index (χ0) is 19.1. The Morgan fingerprint density at radius 1 is 1.15 bits per heavy atom. The second-order valence-corrected chi connectivity index (χ2v) is 6.30. The van der Waals surface area contributed by atoms with Crippen molar-refractivity contribution < 1.29 is 14.0 Å². The maximum absolute atomic E-state index is 13.1. The van der Waals surface area contributed by atoms with Crippen molar-refractivity contribution in [3.05, 3.63) is 58.9 Å². The molecule has 26 heavy (non-hydrogen) atoms. The maximum Gasteiger partial charge on any atom is 0.251 e. The van der Waals surface area contributed by atoms with Gasteiger partial charge in [0.2, 0.25) is 5.91 Å². The van der Waals surface area contributed by atoms with E-state index in [0.29, 0.717) is 16.9 Å². The molecule has 5 nitrogen and oxygen atoms in total. The average Bonchev–Trinajstić information content (AvgIpc) is 2.62. The molecule has 2 aromatic rings. The van der Waals surface area contributed by atoms with Gasteiger partial charge in [-0.05, 0) is 49.7 Å². The molecule has 0 heterocycles. The molecular weight excluding hydrogens is 357 g/mol. The van der Waals surface area contributed by atoms with Gasteiger partial charge in [0.25, 0.3) is 5.91 Å². The summed E-state index contributed by atoms with van der Waals surface area (Å²) in [4.78, 5) is 24.2. The number of carbonyl (C=O) groups is 2. The van der Waals surface area contributed by atoms with Gasteiger partial charge < -0.3 is 16.0 Å². The topological polar surface area (TPSA) is 70.2 Å². The fraction of sp³-hybridized carbons (Fsp3) is 0.263. The molecule has 0 radical (unpaired) electrons.